The number of hydrogen-bond donors (Lipinski definition) is 1. The Balaban J connectivity index is 2.17. The number of fused-ring (bicyclic) bond motifs is 1. The van der Waals surface area contributed by atoms with Crippen LogP contribution in [-0.2, 0) is 6.61 Å². The van der Waals surface area contributed by atoms with Crippen molar-refractivity contribution < 1.29 is 9.50 Å². The Labute approximate surface area is 116 Å². The molecule has 1 heterocycles. The Kier molecular flexibility index (Phi) is 3.20. The standard InChI is InChI=1S/C17H14FNO/c1-11-9-14-15(18)3-2-4-16(14)19-17(11)13-7-5-12(10-20)6-8-13/h2-9,20H,10H2,1H3. The van der Waals surface area contributed by atoms with E-state index in [-0.39, 0.29) is 12.4 Å². The number of halogens is 1. The highest BCUT2D eigenvalue weighted by molar-refractivity contribution is 5.83. The van der Waals surface area contributed by atoms with Gasteiger partial charge in [0.15, 0.2) is 0 Å². The van der Waals surface area contributed by atoms with Crippen molar-refractivity contribution in [3.63, 3.8) is 0 Å². The van der Waals surface area contributed by atoms with E-state index in [0.29, 0.717) is 10.9 Å². The molecule has 1 N–H and O–H groups in total. The summed E-state index contributed by atoms with van der Waals surface area (Å²) < 4.78 is 13.7. The van der Waals surface area contributed by atoms with Gasteiger partial charge in [-0.25, -0.2) is 9.37 Å². The van der Waals surface area contributed by atoms with Crippen LogP contribution in [0.3, 0.4) is 0 Å². The van der Waals surface area contributed by atoms with Gasteiger partial charge in [0.2, 0.25) is 0 Å². The Hall–Kier alpha value is -2.26. The van der Waals surface area contributed by atoms with Crippen molar-refractivity contribution in [1.82, 2.24) is 4.98 Å². The van der Waals surface area contributed by atoms with Gasteiger partial charge in [0, 0.05) is 10.9 Å². The minimum atomic E-state index is -0.250. The van der Waals surface area contributed by atoms with Crippen LogP contribution in [0.5, 0.6) is 0 Å². The minimum absolute atomic E-state index is 0.0234. The van der Waals surface area contributed by atoms with Gasteiger partial charge in [-0.15, -0.1) is 0 Å². The zero-order chi connectivity index (χ0) is 14.1. The lowest BCUT2D eigenvalue weighted by molar-refractivity contribution is 0.282. The lowest BCUT2D eigenvalue weighted by atomic mass is 10.0. The summed E-state index contributed by atoms with van der Waals surface area (Å²) in [6.07, 6.45) is 0. The van der Waals surface area contributed by atoms with Crippen LogP contribution >= 0.6 is 0 Å². The van der Waals surface area contributed by atoms with Gasteiger partial charge in [-0.05, 0) is 36.2 Å². The van der Waals surface area contributed by atoms with Crippen LogP contribution < -0.4 is 0 Å². The second-order valence-electron chi connectivity index (χ2n) is 4.82. The highest BCUT2D eigenvalue weighted by atomic mass is 19.1. The molecule has 0 aliphatic heterocycles. The van der Waals surface area contributed by atoms with Crippen LogP contribution in [0.15, 0.2) is 48.5 Å². The van der Waals surface area contributed by atoms with Crippen LogP contribution in [0, 0.1) is 12.7 Å². The van der Waals surface area contributed by atoms with Crippen molar-refractivity contribution >= 4 is 10.9 Å². The van der Waals surface area contributed by atoms with Crippen LogP contribution in [0.4, 0.5) is 4.39 Å². The SMILES string of the molecule is Cc1cc2c(F)cccc2nc1-c1ccc(CO)cc1. The number of nitrogens with zero attached hydrogens (tertiary/aromatic N) is 1. The molecule has 20 heavy (non-hydrogen) atoms. The summed E-state index contributed by atoms with van der Waals surface area (Å²) >= 11 is 0. The molecule has 2 nitrogen and oxygen atoms in total. The molecule has 3 heteroatoms. The maximum absolute atomic E-state index is 13.7. The normalized spacial score (nSPS) is 10.9. The predicted molar refractivity (Wildman–Crippen MR) is 77.8 cm³/mol. The molecule has 2 aromatic carbocycles. The summed E-state index contributed by atoms with van der Waals surface area (Å²) in [7, 11) is 0. The number of aliphatic hydroxyl groups excluding tert-OH is 1. The molecule has 3 rings (SSSR count). The summed E-state index contributed by atoms with van der Waals surface area (Å²) in [6, 6.07) is 14.3. The van der Waals surface area contributed by atoms with E-state index in [2.05, 4.69) is 4.98 Å². The van der Waals surface area contributed by atoms with Crippen LogP contribution in [0.25, 0.3) is 22.2 Å². The number of rotatable bonds is 2. The molecule has 0 saturated heterocycles. The number of aliphatic hydroxyl groups is 1. The highest BCUT2D eigenvalue weighted by Gasteiger charge is 2.08. The van der Waals surface area contributed by atoms with Gasteiger partial charge in [-0.1, -0.05) is 30.3 Å². The second-order valence-corrected chi connectivity index (χ2v) is 4.82. The van der Waals surface area contributed by atoms with E-state index in [1.54, 1.807) is 6.07 Å². The van der Waals surface area contributed by atoms with Gasteiger partial charge in [-0.2, -0.15) is 0 Å². The number of hydrogen-bond acceptors (Lipinski definition) is 2. The summed E-state index contributed by atoms with van der Waals surface area (Å²) in [5.74, 6) is -0.250. The van der Waals surface area contributed by atoms with E-state index < -0.39 is 0 Å². The molecule has 0 aliphatic rings. The Bertz CT molecular complexity index is 766. The molecule has 0 atom stereocenters. The largest absolute Gasteiger partial charge is 0.392 e. The highest BCUT2D eigenvalue weighted by Crippen LogP contribution is 2.26. The van der Waals surface area contributed by atoms with E-state index in [4.69, 9.17) is 5.11 Å². The van der Waals surface area contributed by atoms with Gasteiger partial charge >= 0.3 is 0 Å². The van der Waals surface area contributed by atoms with Gasteiger partial charge in [-0.3, -0.25) is 0 Å². The quantitative estimate of drug-likeness (QED) is 0.765. The smallest absolute Gasteiger partial charge is 0.132 e. The summed E-state index contributed by atoms with van der Waals surface area (Å²) in [5.41, 5.74) is 4.24. The first-order valence-corrected chi connectivity index (χ1v) is 6.45. The third kappa shape index (κ3) is 2.17. The monoisotopic (exact) mass is 267 g/mol. The van der Waals surface area contributed by atoms with Crippen LogP contribution in [0.1, 0.15) is 11.1 Å². The maximum Gasteiger partial charge on any atom is 0.132 e. The molecule has 0 aliphatic carbocycles. The molecule has 0 fully saturated rings. The van der Waals surface area contributed by atoms with E-state index in [1.165, 1.54) is 6.07 Å². The van der Waals surface area contributed by atoms with E-state index >= 15 is 0 Å². The molecule has 0 spiro atoms. The molecule has 0 amide bonds. The van der Waals surface area contributed by atoms with Crippen molar-refractivity contribution in [1.29, 1.82) is 0 Å². The van der Waals surface area contributed by atoms with Crippen molar-refractivity contribution in [3.8, 4) is 11.3 Å². The molecule has 0 saturated carbocycles. The number of aromatic nitrogens is 1. The Morgan fingerprint density at radius 3 is 2.55 bits per heavy atom. The van der Waals surface area contributed by atoms with Crippen LogP contribution in [-0.4, -0.2) is 10.1 Å². The molecular weight excluding hydrogens is 253 g/mol. The fraction of sp³-hybridized carbons (Fsp3) is 0.118. The lowest BCUT2D eigenvalue weighted by Gasteiger charge is -2.08. The average Bonchev–Trinajstić information content (AvgIpc) is 2.48. The van der Waals surface area contributed by atoms with Gasteiger partial charge in [0.05, 0.1) is 17.8 Å². The molecule has 0 radical (unpaired) electrons. The van der Waals surface area contributed by atoms with Crippen molar-refractivity contribution in [3.05, 3.63) is 65.5 Å². The van der Waals surface area contributed by atoms with Crippen molar-refractivity contribution in [2.24, 2.45) is 0 Å². The van der Waals surface area contributed by atoms with Gasteiger partial charge in [0.1, 0.15) is 5.82 Å². The fourth-order valence-electron chi connectivity index (χ4n) is 2.32. The first-order chi connectivity index (χ1) is 9.69. The molecule has 100 valence electrons. The maximum atomic E-state index is 13.7. The number of pyridine rings is 1. The van der Waals surface area contributed by atoms with Gasteiger partial charge < -0.3 is 5.11 Å². The third-order valence-corrected chi connectivity index (χ3v) is 3.41. The summed E-state index contributed by atoms with van der Waals surface area (Å²) in [5, 5.41) is 9.61. The van der Waals surface area contributed by atoms with E-state index in [1.807, 2.05) is 43.3 Å². The zero-order valence-corrected chi connectivity index (χ0v) is 11.1. The minimum Gasteiger partial charge on any atom is -0.392 e. The molecule has 1 aromatic heterocycles. The van der Waals surface area contributed by atoms with E-state index in [9.17, 15) is 4.39 Å². The Morgan fingerprint density at radius 1 is 1.10 bits per heavy atom. The fourth-order valence-corrected chi connectivity index (χ4v) is 2.32. The molecule has 0 bridgehead atoms. The number of aryl methyl sites for hydroxylation is 1. The third-order valence-electron chi connectivity index (χ3n) is 3.41. The van der Waals surface area contributed by atoms with Crippen molar-refractivity contribution in [2.75, 3.05) is 0 Å². The molecule has 3 aromatic rings. The molecule has 0 unspecified atom stereocenters. The lowest BCUT2D eigenvalue weighted by Crippen LogP contribution is -1.92. The van der Waals surface area contributed by atoms with Crippen molar-refractivity contribution in [2.45, 2.75) is 13.5 Å². The zero-order valence-electron chi connectivity index (χ0n) is 11.1. The van der Waals surface area contributed by atoms with Gasteiger partial charge in [0.25, 0.3) is 0 Å². The predicted octanol–water partition coefficient (Wildman–Crippen LogP) is 3.84. The first-order valence-electron chi connectivity index (χ1n) is 6.45. The first kappa shape index (κ1) is 12.8. The molecular formula is C17H14FNO. The van der Waals surface area contributed by atoms with E-state index in [0.717, 1.165) is 22.4 Å². The second kappa shape index (κ2) is 5.02. The number of benzene rings is 2. The van der Waals surface area contributed by atoms with Crippen LogP contribution in [0.2, 0.25) is 0 Å². The average molecular weight is 267 g/mol. The summed E-state index contributed by atoms with van der Waals surface area (Å²) in [6.45, 7) is 1.95. The topological polar surface area (TPSA) is 33.1 Å². The Morgan fingerprint density at radius 2 is 1.85 bits per heavy atom. The summed E-state index contributed by atoms with van der Waals surface area (Å²) in [4.78, 5) is 4.56.